The molecule has 3 aromatic carbocycles. The van der Waals surface area contributed by atoms with Crippen LogP contribution in [-0.4, -0.2) is 5.11 Å². The highest BCUT2D eigenvalue weighted by Crippen LogP contribution is 2.27. The first-order valence-electron chi connectivity index (χ1n) is 6.89. The summed E-state index contributed by atoms with van der Waals surface area (Å²) in [6.07, 6.45) is -0.648. The van der Waals surface area contributed by atoms with E-state index in [0.29, 0.717) is 5.75 Å². The molecule has 1 atom stereocenters. The van der Waals surface area contributed by atoms with Crippen molar-refractivity contribution in [3.8, 4) is 11.5 Å². The number of benzene rings is 3. The van der Waals surface area contributed by atoms with Crippen molar-refractivity contribution in [2.24, 2.45) is 0 Å². The predicted octanol–water partition coefficient (Wildman–Crippen LogP) is 4.56. The van der Waals surface area contributed by atoms with E-state index in [1.165, 1.54) is 0 Å². The van der Waals surface area contributed by atoms with E-state index < -0.39 is 6.10 Å². The van der Waals surface area contributed by atoms with Gasteiger partial charge in [0.25, 0.3) is 0 Å². The number of para-hydroxylation sites is 1. The summed E-state index contributed by atoms with van der Waals surface area (Å²) in [7, 11) is 0. The van der Waals surface area contributed by atoms with Crippen molar-refractivity contribution in [1.29, 1.82) is 0 Å². The normalized spacial score (nSPS) is 11.9. The molecule has 3 aromatic rings. The van der Waals surface area contributed by atoms with E-state index >= 15 is 0 Å². The molecule has 2 nitrogen and oxygen atoms in total. The Morgan fingerprint density at radius 2 is 1.19 bits per heavy atom. The van der Waals surface area contributed by atoms with Crippen LogP contribution >= 0.6 is 0 Å². The Bertz CT molecular complexity index is 693. The lowest BCUT2D eigenvalue weighted by Gasteiger charge is -2.13. The second-order valence-corrected chi connectivity index (χ2v) is 4.80. The van der Waals surface area contributed by atoms with Crippen molar-refractivity contribution in [3.05, 3.63) is 96.1 Å². The molecule has 0 aromatic heterocycles. The molecule has 2 heteroatoms. The molecule has 0 spiro atoms. The number of ether oxygens (including phenoxy) is 1. The number of aliphatic hydroxyl groups is 1. The quantitative estimate of drug-likeness (QED) is 0.757. The lowest BCUT2D eigenvalue weighted by Crippen LogP contribution is -1.99. The Morgan fingerprint density at radius 1 is 0.619 bits per heavy atom. The minimum absolute atomic E-state index is 0.648. The molecule has 0 heterocycles. The smallest absolute Gasteiger partial charge is 0.127 e. The molecule has 21 heavy (non-hydrogen) atoms. The van der Waals surface area contributed by atoms with E-state index in [4.69, 9.17) is 4.74 Å². The van der Waals surface area contributed by atoms with Crippen LogP contribution in [0.15, 0.2) is 84.9 Å². The molecule has 0 fully saturated rings. The molecule has 0 aliphatic heterocycles. The topological polar surface area (TPSA) is 29.5 Å². The van der Waals surface area contributed by atoms with Crippen LogP contribution in [-0.2, 0) is 0 Å². The molecule has 0 amide bonds. The van der Waals surface area contributed by atoms with Crippen molar-refractivity contribution in [2.45, 2.75) is 6.10 Å². The molecule has 0 saturated carbocycles. The molecule has 0 bridgehead atoms. The molecule has 0 saturated heterocycles. The average molecular weight is 276 g/mol. The summed E-state index contributed by atoms with van der Waals surface area (Å²) < 4.78 is 5.79. The average Bonchev–Trinajstić information content (AvgIpc) is 2.56. The van der Waals surface area contributed by atoms with E-state index in [0.717, 1.165) is 16.9 Å². The van der Waals surface area contributed by atoms with Crippen LogP contribution in [0.2, 0.25) is 0 Å². The van der Waals surface area contributed by atoms with Gasteiger partial charge < -0.3 is 9.84 Å². The molecule has 1 N–H and O–H groups in total. The first-order chi connectivity index (χ1) is 10.3. The second-order valence-electron chi connectivity index (χ2n) is 4.80. The van der Waals surface area contributed by atoms with Crippen molar-refractivity contribution in [2.75, 3.05) is 0 Å². The highest BCUT2D eigenvalue weighted by Gasteiger charge is 2.10. The van der Waals surface area contributed by atoms with Crippen LogP contribution in [0.3, 0.4) is 0 Å². The third kappa shape index (κ3) is 3.30. The summed E-state index contributed by atoms with van der Waals surface area (Å²) in [6, 6.07) is 26.7. The number of aliphatic hydroxyl groups excluding tert-OH is 1. The minimum atomic E-state index is -0.648. The van der Waals surface area contributed by atoms with Gasteiger partial charge in [-0.15, -0.1) is 0 Å². The SMILES string of the molecule is OC(c1ccccc1)c1cccc(Oc2ccccc2)c1. The zero-order valence-corrected chi connectivity index (χ0v) is 11.5. The van der Waals surface area contributed by atoms with E-state index in [1.54, 1.807) is 0 Å². The summed E-state index contributed by atoms with van der Waals surface area (Å²) >= 11 is 0. The van der Waals surface area contributed by atoms with E-state index in [1.807, 2.05) is 84.9 Å². The van der Waals surface area contributed by atoms with Gasteiger partial charge in [0.15, 0.2) is 0 Å². The Balaban J connectivity index is 1.83. The molecule has 104 valence electrons. The molecule has 3 rings (SSSR count). The maximum atomic E-state index is 10.4. The molecule has 0 radical (unpaired) electrons. The molecule has 1 unspecified atom stereocenters. The first kappa shape index (κ1) is 13.4. The van der Waals surface area contributed by atoms with Gasteiger partial charge in [0, 0.05) is 0 Å². The van der Waals surface area contributed by atoms with Crippen molar-refractivity contribution < 1.29 is 9.84 Å². The number of rotatable bonds is 4. The maximum absolute atomic E-state index is 10.4. The summed E-state index contributed by atoms with van der Waals surface area (Å²) in [5, 5.41) is 10.4. The van der Waals surface area contributed by atoms with Crippen LogP contribution in [0.5, 0.6) is 11.5 Å². The van der Waals surface area contributed by atoms with E-state index in [-0.39, 0.29) is 0 Å². The van der Waals surface area contributed by atoms with Gasteiger partial charge in [0.2, 0.25) is 0 Å². The Labute approximate surface area is 124 Å². The fraction of sp³-hybridized carbons (Fsp3) is 0.0526. The van der Waals surface area contributed by atoms with Gasteiger partial charge in [-0.3, -0.25) is 0 Å². The van der Waals surface area contributed by atoms with Crippen LogP contribution in [0.25, 0.3) is 0 Å². The van der Waals surface area contributed by atoms with Gasteiger partial charge in [-0.1, -0.05) is 60.7 Å². The summed E-state index contributed by atoms with van der Waals surface area (Å²) in [5.74, 6) is 1.50. The summed E-state index contributed by atoms with van der Waals surface area (Å²) in [4.78, 5) is 0. The molecule has 0 aliphatic rings. The fourth-order valence-electron chi connectivity index (χ4n) is 2.20. The minimum Gasteiger partial charge on any atom is -0.457 e. The molecular weight excluding hydrogens is 260 g/mol. The summed E-state index contributed by atoms with van der Waals surface area (Å²) in [5.41, 5.74) is 1.68. The van der Waals surface area contributed by atoms with Crippen LogP contribution in [0, 0.1) is 0 Å². The van der Waals surface area contributed by atoms with Crippen LogP contribution in [0.1, 0.15) is 17.2 Å². The Kier molecular flexibility index (Phi) is 3.99. The van der Waals surface area contributed by atoms with Crippen molar-refractivity contribution in [3.63, 3.8) is 0 Å². The third-order valence-corrected chi connectivity index (χ3v) is 3.27. The van der Waals surface area contributed by atoms with Gasteiger partial charge in [0.05, 0.1) is 0 Å². The standard InChI is InChI=1S/C19H16O2/c20-19(15-8-3-1-4-9-15)16-10-7-13-18(14-16)21-17-11-5-2-6-12-17/h1-14,19-20H. The highest BCUT2D eigenvalue weighted by molar-refractivity contribution is 5.37. The Hall–Kier alpha value is -2.58. The van der Waals surface area contributed by atoms with Gasteiger partial charge in [-0.05, 0) is 35.4 Å². The monoisotopic (exact) mass is 276 g/mol. The van der Waals surface area contributed by atoms with Crippen molar-refractivity contribution in [1.82, 2.24) is 0 Å². The highest BCUT2D eigenvalue weighted by atomic mass is 16.5. The summed E-state index contributed by atoms with van der Waals surface area (Å²) in [6.45, 7) is 0. The predicted molar refractivity (Wildman–Crippen MR) is 83.5 cm³/mol. The zero-order valence-electron chi connectivity index (χ0n) is 11.5. The zero-order chi connectivity index (χ0) is 14.5. The van der Waals surface area contributed by atoms with Gasteiger partial charge >= 0.3 is 0 Å². The van der Waals surface area contributed by atoms with E-state index in [9.17, 15) is 5.11 Å². The third-order valence-electron chi connectivity index (χ3n) is 3.27. The van der Waals surface area contributed by atoms with Gasteiger partial charge in [-0.25, -0.2) is 0 Å². The van der Waals surface area contributed by atoms with E-state index in [2.05, 4.69) is 0 Å². The number of hydrogen-bond donors (Lipinski definition) is 1. The molecular formula is C19H16O2. The van der Waals surface area contributed by atoms with Crippen LogP contribution < -0.4 is 4.74 Å². The maximum Gasteiger partial charge on any atom is 0.127 e. The second kappa shape index (κ2) is 6.25. The lowest BCUT2D eigenvalue weighted by atomic mass is 10.0. The van der Waals surface area contributed by atoms with Gasteiger partial charge in [-0.2, -0.15) is 0 Å². The van der Waals surface area contributed by atoms with Crippen molar-refractivity contribution >= 4 is 0 Å². The Morgan fingerprint density at radius 3 is 1.90 bits per heavy atom. The van der Waals surface area contributed by atoms with Gasteiger partial charge in [0.1, 0.15) is 17.6 Å². The molecule has 0 aliphatic carbocycles. The first-order valence-corrected chi connectivity index (χ1v) is 6.89. The lowest BCUT2D eigenvalue weighted by molar-refractivity contribution is 0.220. The van der Waals surface area contributed by atoms with Crippen LogP contribution in [0.4, 0.5) is 0 Å². The fourth-order valence-corrected chi connectivity index (χ4v) is 2.20. The largest absolute Gasteiger partial charge is 0.457 e. The number of hydrogen-bond acceptors (Lipinski definition) is 2.